The number of phenols is 1. The van der Waals surface area contributed by atoms with Crippen LogP contribution in [0.25, 0.3) is 0 Å². The molecular formula is C24H24N2O5. The van der Waals surface area contributed by atoms with E-state index in [1.807, 2.05) is 13.0 Å². The Labute approximate surface area is 180 Å². The maximum absolute atomic E-state index is 12.4. The van der Waals surface area contributed by atoms with Gasteiger partial charge in [0, 0.05) is 17.3 Å². The minimum atomic E-state index is -0.329. The highest BCUT2D eigenvalue weighted by Gasteiger charge is 2.12. The van der Waals surface area contributed by atoms with Crippen molar-refractivity contribution in [3.8, 4) is 17.2 Å². The van der Waals surface area contributed by atoms with Gasteiger partial charge in [-0.15, -0.1) is 0 Å². The molecule has 7 nitrogen and oxygen atoms in total. The molecule has 3 aromatic rings. The number of hydrogen-bond donors (Lipinski definition) is 3. The van der Waals surface area contributed by atoms with Gasteiger partial charge in [0.15, 0.2) is 11.5 Å². The average molecular weight is 420 g/mol. The number of aryl methyl sites for hydroxylation is 1. The Bertz CT molecular complexity index is 1110. The number of nitrogens with one attached hydrogen (secondary N) is 2. The second kappa shape index (κ2) is 9.67. The van der Waals surface area contributed by atoms with E-state index in [0.29, 0.717) is 22.7 Å². The van der Waals surface area contributed by atoms with Crippen LogP contribution in [-0.2, 0) is 11.2 Å². The minimum Gasteiger partial charge on any atom is -0.506 e. The molecule has 0 spiro atoms. The van der Waals surface area contributed by atoms with Crippen molar-refractivity contribution in [1.82, 2.24) is 0 Å². The van der Waals surface area contributed by atoms with Crippen molar-refractivity contribution in [2.24, 2.45) is 0 Å². The standard InChI is InChI=1S/C24H24N2O5/c1-15-5-4-6-17(11-15)24(29)26-19-9-8-18(14-20(19)27)25-23(28)13-16-7-10-21(30-2)22(12-16)31-3/h4-12,14,27H,13H2,1-3H3,(H,25,28)(H,26,29). The summed E-state index contributed by atoms with van der Waals surface area (Å²) in [5.41, 5.74) is 2.87. The molecule has 31 heavy (non-hydrogen) atoms. The summed E-state index contributed by atoms with van der Waals surface area (Å²) in [4.78, 5) is 24.8. The van der Waals surface area contributed by atoms with Crippen molar-refractivity contribution in [1.29, 1.82) is 0 Å². The maximum Gasteiger partial charge on any atom is 0.255 e. The van der Waals surface area contributed by atoms with Gasteiger partial charge >= 0.3 is 0 Å². The molecule has 0 saturated heterocycles. The molecule has 160 valence electrons. The second-order valence-corrected chi connectivity index (χ2v) is 6.97. The number of benzene rings is 3. The Hall–Kier alpha value is -4.00. The molecule has 2 amide bonds. The number of phenolic OH excluding ortho intramolecular Hbond substituents is 1. The molecule has 0 saturated carbocycles. The van der Waals surface area contributed by atoms with E-state index in [1.165, 1.54) is 19.2 Å². The highest BCUT2D eigenvalue weighted by molar-refractivity contribution is 6.05. The first-order valence-electron chi connectivity index (χ1n) is 9.61. The molecule has 0 bridgehead atoms. The van der Waals surface area contributed by atoms with Gasteiger partial charge in [0.25, 0.3) is 5.91 Å². The fourth-order valence-electron chi connectivity index (χ4n) is 3.08. The van der Waals surface area contributed by atoms with Gasteiger partial charge in [-0.25, -0.2) is 0 Å². The summed E-state index contributed by atoms with van der Waals surface area (Å²) >= 11 is 0. The lowest BCUT2D eigenvalue weighted by Crippen LogP contribution is -2.15. The highest BCUT2D eigenvalue weighted by atomic mass is 16.5. The largest absolute Gasteiger partial charge is 0.506 e. The normalized spacial score (nSPS) is 10.3. The molecular weight excluding hydrogens is 396 g/mol. The fourth-order valence-corrected chi connectivity index (χ4v) is 3.08. The van der Waals surface area contributed by atoms with E-state index in [2.05, 4.69) is 10.6 Å². The van der Waals surface area contributed by atoms with Crippen LogP contribution in [0.15, 0.2) is 60.7 Å². The van der Waals surface area contributed by atoms with E-state index < -0.39 is 0 Å². The number of aromatic hydroxyl groups is 1. The van der Waals surface area contributed by atoms with E-state index in [0.717, 1.165) is 11.1 Å². The molecule has 3 rings (SSSR count). The number of rotatable bonds is 7. The third-order valence-corrected chi connectivity index (χ3v) is 4.62. The molecule has 0 atom stereocenters. The minimum absolute atomic E-state index is 0.118. The summed E-state index contributed by atoms with van der Waals surface area (Å²) in [6.45, 7) is 1.90. The number of methoxy groups -OCH3 is 2. The molecule has 0 unspecified atom stereocenters. The summed E-state index contributed by atoms with van der Waals surface area (Å²) in [7, 11) is 3.08. The van der Waals surface area contributed by atoms with Gasteiger partial charge in [-0.2, -0.15) is 0 Å². The van der Waals surface area contributed by atoms with Crippen LogP contribution < -0.4 is 20.1 Å². The molecule has 7 heteroatoms. The predicted octanol–water partition coefficient (Wildman–Crippen LogP) is 4.15. The average Bonchev–Trinajstić information content (AvgIpc) is 2.75. The quantitative estimate of drug-likeness (QED) is 0.499. The van der Waals surface area contributed by atoms with Crippen LogP contribution in [0, 0.1) is 6.92 Å². The summed E-state index contributed by atoms with van der Waals surface area (Å²) < 4.78 is 10.4. The number of carbonyl (C=O) groups excluding carboxylic acids is 2. The first-order valence-corrected chi connectivity index (χ1v) is 9.61. The number of ether oxygens (including phenoxy) is 2. The van der Waals surface area contributed by atoms with Crippen molar-refractivity contribution in [3.63, 3.8) is 0 Å². The van der Waals surface area contributed by atoms with Gasteiger partial charge in [-0.1, -0.05) is 23.8 Å². The van der Waals surface area contributed by atoms with Crippen LogP contribution in [0.1, 0.15) is 21.5 Å². The summed E-state index contributed by atoms with van der Waals surface area (Å²) in [5.74, 6) is 0.386. The molecule has 0 aromatic heterocycles. The van der Waals surface area contributed by atoms with Crippen molar-refractivity contribution in [2.45, 2.75) is 13.3 Å². The Morgan fingerprint density at radius 2 is 1.68 bits per heavy atom. The van der Waals surface area contributed by atoms with Crippen LogP contribution in [0.4, 0.5) is 11.4 Å². The van der Waals surface area contributed by atoms with Gasteiger partial charge in [0.1, 0.15) is 5.75 Å². The molecule has 3 N–H and O–H groups in total. The van der Waals surface area contributed by atoms with Gasteiger partial charge in [0.2, 0.25) is 5.91 Å². The van der Waals surface area contributed by atoms with Crippen LogP contribution in [0.5, 0.6) is 17.2 Å². The second-order valence-electron chi connectivity index (χ2n) is 6.97. The summed E-state index contributed by atoms with van der Waals surface area (Å²) in [6, 6.07) is 16.9. The van der Waals surface area contributed by atoms with Crippen molar-refractivity contribution < 1.29 is 24.2 Å². The summed E-state index contributed by atoms with van der Waals surface area (Å²) in [5, 5.41) is 15.7. The molecule has 0 aliphatic heterocycles. The molecule has 0 radical (unpaired) electrons. The van der Waals surface area contributed by atoms with Crippen LogP contribution in [-0.4, -0.2) is 31.1 Å². The van der Waals surface area contributed by atoms with E-state index in [-0.39, 0.29) is 29.7 Å². The van der Waals surface area contributed by atoms with E-state index >= 15 is 0 Å². The third kappa shape index (κ3) is 5.54. The zero-order valence-electron chi connectivity index (χ0n) is 17.6. The Morgan fingerprint density at radius 1 is 0.903 bits per heavy atom. The first kappa shape index (κ1) is 21.7. The lowest BCUT2D eigenvalue weighted by atomic mass is 10.1. The smallest absolute Gasteiger partial charge is 0.255 e. The predicted molar refractivity (Wildman–Crippen MR) is 119 cm³/mol. The highest BCUT2D eigenvalue weighted by Crippen LogP contribution is 2.29. The van der Waals surface area contributed by atoms with Crippen molar-refractivity contribution >= 4 is 23.2 Å². The summed E-state index contributed by atoms with van der Waals surface area (Å²) in [6.07, 6.45) is 0.118. The Kier molecular flexibility index (Phi) is 6.77. The fraction of sp³-hybridized carbons (Fsp3) is 0.167. The lowest BCUT2D eigenvalue weighted by molar-refractivity contribution is -0.115. The van der Waals surface area contributed by atoms with E-state index in [1.54, 1.807) is 49.6 Å². The SMILES string of the molecule is COc1ccc(CC(=O)Nc2ccc(NC(=O)c3cccc(C)c3)c(O)c2)cc1OC. The molecule has 0 aliphatic rings. The zero-order valence-corrected chi connectivity index (χ0v) is 17.6. The van der Waals surface area contributed by atoms with Gasteiger partial charge < -0.3 is 25.2 Å². The Morgan fingerprint density at radius 3 is 2.35 bits per heavy atom. The number of amides is 2. The van der Waals surface area contributed by atoms with Gasteiger partial charge in [-0.05, 0) is 48.9 Å². The maximum atomic E-state index is 12.4. The number of hydrogen-bond acceptors (Lipinski definition) is 5. The lowest BCUT2D eigenvalue weighted by Gasteiger charge is -2.12. The van der Waals surface area contributed by atoms with Gasteiger partial charge in [0.05, 0.1) is 26.3 Å². The number of anilines is 2. The van der Waals surface area contributed by atoms with E-state index in [9.17, 15) is 14.7 Å². The van der Waals surface area contributed by atoms with Crippen LogP contribution >= 0.6 is 0 Å². The topological polar surface area (TPSA) is 96.9 Å². The third-order valence-electron chi connectivity index (χ3n) is 4.62. The van der Waals surface area contributed by atoms with Crippen molar-refractivity contribution in [2.75, 3.05) is 24.9 Å². The zero-order chi connectivity index (χ0) is 22.4. The van der Waals surface area contributed by atoms with E-state index in [4.69, 9.17) is 9.47 Å². The molecule has 0 aliphatic carbocycles. The first-order chi connectivity index (χ1) is 14.9. The monoisotopic (exact) mass is 420 g/mol. The molecule has 3 aromatic carbocycles. The van der Waals surface area contributed by atoms with Crippen LogP contribution in [0.2, 0.25) is 0 Å². The molecule has 0 fully saturated rings. The number of carbonyl (C=O) groups is 2. The van der Waals surface area contributed by atoms with Crippen molar-refractivity contribution in [3.05, 3.63) is 77.4 Å². The van der Waals surface area contributed by atoms with Gasteiger partial charge in [-0.3, -0.25) is 9.59 Å². The Balaban J connectivity index is 1.64. The van der Waals surface area contributed by atoms with Crippen LogP contribution in [0.3, 0.4) is 0 Å². The molecule has 0 heterocycles.